The molecule has 1 aromatic heterocycles. The van der Waals surface area contributed by atoms with Gasteiger partial charge in [-0.3, -0.25) is 10.1 Å². The molecule has 1 fully saturated rings. The molecular weight excluding hydrogens is 366 g/mol. The van der Waals surface area contributed by atoms with Crippen LogP contribution in [0.3, 0.4) is 0 Å². The number of anilines is 1. The Morgan fingerprint density at radius 3 is 3.00 bits per heavy atom. The molecule has 0 spiro atoms. The molecule has 1 saturated heterocycles. The van der Waals surface area contributed by atoms with Crippen molar-refractivity contribution in [3.05, 3.63) is 32.9 Å². The number of aromatic nitrogens is 1. The van der Waals surface area contributed by atoms with Crippen LogP contribution >= 0.6 is 15.9 Å². The van der Waals surface area contributed by atoms with Crippen molar-refractivity contribution in [1.29, 1.82) is 0 Å². The van der Waals surface area contributed by atoms with Crippen molar-refractivity contribution in [3.8, 4) is 5.75 Å². The van der Waals surface area contributed by atoms with Crippen molar-refractivity contribution in [1.82, 2.24) is 4.98 Å². The zero-order valence-corrected chi connectivity index (χ0v) is 14.1. The summed E-state index contributed by atoms with van der Waals surface area (Å²) in [6, 6.07) is 3.03. The summed E-state index contributed by atoms with van der Waals surface area (Å²) in [4.78, 5) is 15.3. The fraction of sp³-hybridized carbons (Fsp3) is 0.400. The maximum atomic E-state index is 11.4. The zero-order valence-electron chi connectivity index (χ0n) is 12.5. The van der Waals surface area contributed by atoms with E-state index < -0.39 is 4.92 Å². The first kappa shape index (κ1) is 15.9. The molecule has 1 aliphatic heterocycles. The lowest BCUT2D eigenvalue weighted by Gasteiger charge is -2.15. The number of hydrogen-bond donors (Lipinski definition) is 1. The number of nitro benzene ring substituents is 1. The summed E-state index contributed by atoms with van der Waals surface area (Å²) in [6.45, 7) is 1.33. The Morgan fingerprint density at radius 2 is 2.35 bits per heavy atom. The molecule has 1 aromatic carbocycles. The normalized spacial score (nSPS) is 17.4. The van der Waals surface area contributed by atoms with Crippen molar-refractivity contribution < 1.29 is 14.4 Å². The Balaban J connectivity index is 2.09. The van der Waals surface area contributed by atoms with Crippen LogP contribution < -0.4 is 10.1 Å². The van der Waals surface area contributed by atoms with E-state index in [0.717, 1.165) is 19.4 Å². The quantitative estimate of drug-likeness (QED) is 0.629. The lowest BCUT2D eigenvalue weighted by atomic mass is 10.1. The Hall–Kier alpha value is -1.93. The molecule has 1 atom stereocenters. The van der Waals surface area contributed by atoms with Crippen LogP contribution in [0.4, 0.5) is 11.5 Å². The summed E-state index contributed by atoms with van der Waals surface area (Å²) < 4.78 is 11.6. The first-order valence-corrected chi connectivity index (χ1v) is 8.06. The maximum absolute atomic E-state index is 11.4. The SMILES string of the molecule is COc1ccc([N+](=O)[O-])c2c(NCC3CCCO3)ncc(Br)c12. The number of fused-ring (bicyclic) bond motifs is 1. The van der Waals surface area contributed by atoms with E-state index in [-0.39, 0.29) is 11.8 Å². The fourth-order valence-corrected chi connectivity index (χ4v) is 3.27. The minimum absolute atomic E-state index is 0.00978. The minimum Gasteiger partial charge on any atom is -0.496 e. The van der Waals surface area contributed by atoms with Gasteiger partial charge in [-0.05, 0) is 34.8 Å². The van der Waals surface area contributed by atoms with Crippen LogP contribution in [0.2, 0.25) is 0 Å². The van der Waals surface area contributed by atoms with Crippen molar-refractivity contribution in [2.24, 2.45) is 0 Å². The van der Waals surface area contributed by atoms with Gasteiger partial charge in [-0.1, -0.05) is 0 Å². The second-order valence-corrected chi connectivity index (χ2v) is 6.12. The predicted octanol–water partition coefficient (Wildman–Crippen LogP) is 3.51. The molecule has 0 saturated carbocycles. The van der Waals surface area contributed by atoms with E-state index in [9.17, 15) is 10.1 Å². The Labute approximate surface area is 141 Å². The third kappa shape index (κ3) is 3.09. The van der Waals surface area contributed by atoms with E-state index in [1.807, 2.05) is 0 Å². The number of nitrogens with zero attached hydrogens (tertiary/aromatic N) is 2. The van der Waals surface area contributed by atoms with Crippen LogP contribution in [0.1, 0.15) is 12.8 Å². The van der Waals surface area contributed by atoms with Gasteiger partial charge in [0.2, 0.25) is 0 Å². The molecule has 3 rings (SSSR count). The first-order chi connectivity index (χ1) is 11.1. The number of methoxy groups -OCH3 is 1. The van der Waals surface area contributed by atoms with Crippen LogP contribution in [0.25, 0.3) is 10.8 Å². The van der Waals surface area contributed by atoms with Crippen molar-refractivity contribution in [2.75, 3.05) is 25.6 Å². The first-order valence-electron chi connectivity index (χ1n) is 7.27. The number of ether oxygens (including phenoxy) is 2. The molecule has 2 heterocycles. The standard InChI is InChI=1S/C15H16BrN3O4/c1-22-12-5-4-11(19(20)21)14-13(12)10(16)8-18-15(14)17-7-9-3-2-6-23-9/h4-5,8-9H,2-3,6-7H2,1H3,(H,17,18). The molecule has 0 aliphatic carbocycles. The van der Waals surface area contributed by atoms with Gasteiger partial charge in [0, 0.05) is 29.9 Å². The highest BCUT2D eigenvalue weighted by atomic mass is 79.9. The van der Waals surface area contributed by atoms with Gasteiger partial charge in [0.1, 0.15) is 17.0 Å². The van der Waals surface area contributed by atoms with Gasteiger partial charge in [-0.2, -0.15) is 0 Å². The zero-order chi connectivity index (χ0) is 16.4. The van der Waals surface area contributed by atoms with Gasteiger partial charge in [0.05, 0.1) is 23.5 Å². The third-order valence-electron chi connectivity index (χ3n) is 3.87. The van der Waals surface area contributed by atoms with Gasteiger partial charge < -0.3 is 14.8 Å². The summed E-state index contributed by atoms with van der Waals surface area (Å²) >= 11 is 3.41. The third-order valence-corrected chi connectivity index (χ3v) is 4.47. The smallest absolute Gasteiger partial charge is 0.281 e. The van der Waals surface area contributed by atoms with E-state index in [0.29, 0.717) is 33.4 Å². The number of nitro groups is 1. The largest absolute Gasteiger partial charge is 0.496 e. The van der Waals surface area contributed by atoms with Gasteiger partial charge in [-0.15, -0.1) is 0 Å². The molecule has 1 unspecified atom stereocenters. The van der Waals surface area contributed by atoms with Crippen molar-refractivity contribution >= 4 is 38.2 Å². The van der Waals surface area contributed by atoms with E-state index in [1.54, 1.807) is 12.3 Å². The lowest BCUT2D eigenvalue weighted by Crippen LogP contribution is -2.19. The Bertz CT molecular complexity index is 747. The van der Waals surface area contributed by atoms with E-state index in [4.69, 9.17) is 9.47 Å². The molecular formula is C15H16BrN3O4. The van der Waals surface area contributed by atoms with Crippen LogP contribution in [0.15, 0.2) is 22.8 Å². The summed E-state index contributed by atoms with van der Waals surface area (Å²) in [5.74, 6) is 1.02. The van der Waals surface area contributed by atoms with Gasteiger partial charge in [0.15, 0.2) is 0 Å². The number of rotatable bonds is 5. The fourth-order valence-electron chi connectivity index (χ4n) is 2.77. The van der Waals surface area contributed by atoms with E-state index in [1.165, 1.54) is 13.2 Å². The molecule has 122 valence electrons. The van der Waals surface area contributed by atoms with Crippen LogP contribution in [-0.4, -0.2) is 36.3 Å². The second kappa shape index (κ2) is 6.67. The van der Waals surface area contributed by atoms with Gasteiger partial charge in [-0.25, -0.2) is 4.98 Å². The highest BCUT2D eigenvalue weighted by molar-refractivity contribution is 9.10. The average Bonchev–Trinajstić information content (AvgIpc) is 3.06. The number of halogens is 1. The van der Waals surface area contributed by atoms with Crippen molar-refractivity contribution in [2.45, 2.75) is 18.9 Å². The Kier molecular flexibility index (Phi) is 4.63. The van der Waals surface area contributed by atoms with Gasteiger partial charge in [0.25, 0.3) is 5.69 Å². The van der Waals surface area contributed by atoms with E-state index in [2.05, 4.69) is 26.2 Å². The molecule has 8 heteroatoms. The highest BCUT2D eigenvalue weighted by Crippen LogP contribution is 2.40. The number of hydrogen-bond acceptors (Lipinski definition) is 6. The molecule has 23 heavy (non-hydrogen) atoms. The number of benzene rings is 1. The van der Waals surface area contributed by atoms with Crippen LogP contribution in [0.5, 0.6) is 5.75 Å². The average molecular weight is 382 g/mol. The summed E-state index contributed by atoms with van der Waals surface area (Å²) in [5.41, 5.74) is -0.00978. The Morgan fingerprint density at radius 1 is 1.52 bits per heavy atom. The maximum Gasteiger partial charge on any atom is 0.281 e. The molecule has 2 aromatic rings. The van der Waals surface area contributed by atoms with Crippen LogP contribution in [-0.2, 0) is 4.74 Å². The molecule has 0 amide bonds. The molecule has 1 aliphatic rings. The van der Waals surface area contributed by atoms with Gasteiger partial charge >= 0.3 is 0 Å². The summed E-state index contributed by atoms with van der Waals surface area (Å²) in [6.07, 6.45) is 3.74. The monoisotopic (exact) mass is 381 g/mol. The number of pyridine rings is 1. The lowest BCUT2D eigenvalue weighted by molar-refractivity contribution is -0.383. The molecule has 0 bridgehead atoms. The summed E-state index contributed by atoms with van der Waals surface area (Å²) in [7, 11) is 1.53. The minimum atomic E-state index is -0.410. The second-order valence-electron chi connectivity index (χ2n) is 5.26. The molecule has 7 nitrogen and oxygen atoms in total. The predicted molar refractivity (Wildman–Crippen MR) is 90.1 cm³/mol. The molecule has 1 N–H and O–H groups in total. The summed E-state index contributed by atoms with van der Waals surface area (Å²) in [5, 5.41) is 15.7. The van der Waals surface area contributed by atoms with E-state index >= 15 is 0 Å². The van der Waals surface area contributed by atoms with Crippen LogP contribution in [0, 0.1) is 10.1 Å². The highest BCUT2D eigenvalue weighted by Gasteiger charge is 2.23. The van der Waals surface area contributed by atoms with Crippen molar-refractivity contribution in [3.63, 3.8) is 0 Å². The number of non-ortho nitro benzene ring substituents is 1. The topological polar surface area (TPSA) is 86.5 Å². The molecule has 0 radical (unpaired) electrons. The number of nitrogens with one attached hydrogen (secondary N) is 1.